The number of nitrogens with two attached hydrogens (primary N) is 1. The topological polar surface area (TPSA) is 38.5 Å². The van der Waals surface area contributed by atoms with Crippen LogP contribution >= 0.6 is 0 Å². The van der Waals surface area contributed by atoms with Crippen molar-refractivity contribution in [2.24, 2.45) is 5.73 Å². The van der Waals surface area contributed by atoms with Gasteiger partial charge in [0.1, 0.15) is 5.75 Å². The molecule has 1 heterocycles. The van der Waals surface area contributed by atoms with Gasteiger partial charge < -0.3 is 15.4 Å². The Kier molecular flexibility index (Phi) is 3.60. The van der Waals surface area contributed by atoms with Gasteiger partial charge in [0, 0.05) is 29.0 Å². The summed E-state index contributed by atoms with van der Waals surface area (Å²) in [7, 11) is 1.70. The van der Waals surface area contributed by atoms with E-state index in [4.69, 9.17) is 10.5 Å². The molecule has 1 unspecified atom stereocenters. The fourth-order valence-corrected chi connectivity index (χ4v) is 3.31. The quantitative estimate of drug-likeness (QED) is 0.930. The molecule has 2 N–H and O–H groups in total. The largest absolute Gasteiger partial charge is 0.496 e. The predicted octanol–water partition coefficient (Wildman–Crippen LogP) is 3.80. The summed E-state index contributed by atoms with van der Waals surface area (Å²) in [6, 6.07) is 15.1. The number of para-hydroxylation sites is 1. The van der Waals surface area contributed by atoms with Crippen molar-refractivity contribution in [3.05, 3.63) is 53.6 Å². The van der Waals surface area contributed by atoms with Gasteiger partial charge in [-0.1, -0.05) is 24.3 Å². The Morgan fingerprint density at radius 1 is 1.14 bits per heavy atom. The van der Waals surface area contributed by atoms with Gasteiger partial charge in [0.25, 0.3) is 0 Å². The van der Waals surface area contributed by atoms with E-state index in [1.807, 2.05) is 19.1 Å². The minimum Gasteiger partial charge on any atom is -0.496 e. The van der Waals surface area contributed by atoms with Crippen LogP contribution in [0.2, 0.25) is 0 Å². The highest BCUT2D eigenvalue weighted by Crippen LogP contribution is 2.43. The number of fused-ring (bicyclic) bond motifs is 1. The van der Waals surface area contributed by atoms with Crippen LogP contribution in [0.4, 0.5) is 11.4 Å². The molecule has 21 heavy (non-hydrogen) atoms. The van der Waals surface area contributed by atoms with Gasteiger partial charge >= 0.3 is 0 Å². The second-order valence-electron chi connectivity index (χ2n) is 5.73. The molecule has 3 heteroatoms. The highest BCUT2D eigenvalue weighted by atomic mass is 16.5. The third-order valence-electron chi connectivity index (χ3n) is 4.19. The monoisotopic (exact) mass is 282 g/mol. The van der Waals surface area contributed by atoms with Gasteiger partial charge in [-0.25, -0.2) is 0 Å². The molecule has 0 bridgehead atoms. The van der Waals surface area contributed by atoms with Gasteiger partial charge in [-0.05, 0) is 44.0 Å². The maximum absolute atomic E-state index is 6.22. The van der Waals surface area contributed by atoms with Crippen LogP contribution in [0.5, 0.6) is 5.75 Å². The molecule has 0 saturated carbocycles. The number of anilines is 2. The molecule has 0 aliphatic carbocycles. The Hall–Kier alpha value is -2.00. The van der Waals surface area contributed by atoms with Gasteiger partial charge in [0.15, 0.2) is 0 Å². The van der Waals surface area contributed by atoms with E-state index < -0.39 is 0 Å². The molecule has 0 radical (unpaired) electrons. The molecule has 1 aliphatic rings. The van der Waals surface area contributed by atoms with Crippen molar-refractivity contribution in [2.75, 3.05) is 12.0 Å². The minimum absolute atomic E-state index is 0.0730. The second kappa shape index (κ2) is 5.41. The zero-order valence-corrected chi connectivity index (χ0v) is 12.8. The molecule has 3 rings (SSSR count). The molecule has 0 aromatic heterocycles. The van der Waals surface area contributed by atoms with Crippen molar-refractivity contribution in [2.45, 2.75) is 32.4 Å². The first kappa shape index (κ1) is 14.0. The summed E-state index contributed by atoms with van der Waals surface area (Å²) in [4.78, 5) is 2.39. The maximum atomic E-state index is 6.22. The molecule has 0 spiro atoms. The van der Waals surface area contributed by atoms with Gasteiger partial charge in [-0.15, -0.1) is 0 Å². The average molecular weight is 282 g/mol. The first-order valence-corrected chi connectivity index (χ1v) is 7.43. The second-order valence-corrected chi connectivity index (χ2v) is 5.73. The predicted molar refractivity (Wildman–Crippen MR) is 87.3 cm³/mol. The van der Waals surface area contributed by atoms with Crippen molar-refractivity contribution >= 4 is 11.4 Å². The highest BCUT2D eigenvalue weighted by molar-refractivity contribution is 5.75. The smallest absolute Gasteiger partial charge is 0.125 e. The van der Waals surface area contributed by atoms with Gasteiger partial charge in [-0.3, -0.25) is 0 Å². The number of methoxy groups -OCH3 is 1. The lowest BCUT2D eigenvalue weighted by Gasteiger charge is -2.29. The van der Waals surface area contributed by atoms with Crippen LogP contribution in [0.15, 0.2) is 42.5 Å². The molecule has 2 aromatic rings. The fourth-order valence-electron chi connectivity index (χ4n) is 3.31. The minimum atomic E-state index is -0.0730. The van der Waals surface area contributed by atoms with Crippen molar-refractivity contribution in [1.29, 1.82) is 0 Å². The van der Waals surface area contributed by atoms with Crippen molar-refractivity contribution < 1.29 is 4.74 Å². The van der Waals surface area contributed by atoms with Crippen molar-refractivity contribution in [3.63, 3.8) is 0 Å². The van der Waals surface area contributed by atoms with E-state index in [1.54, 1.807) is 7.11 Å². The van der Waals surface area contributed by atoms with E-state index in [2.05, 4.69) is 42.2 Å². The lowest BCUT2D eigenvalue weighted by molar-refractivity contribution is 0.407. The van der Waals surface area contributed by atoms with Crippen LogP contribution in [0.3, 0.4) is 0 Å². The Bertz CT molecular complexity index is 651. The third kappa shape index (κ3) is 2.28. The summed E-state index contributed by atoms with van der Waals surface area (Å²) in [5, 5.41) is 0. The van der Waals surface area contributed by atoms with Crippen molar-refractivity contribution in [3.8, 4) is 5.75 Å². The first-order valence-electron chi connectivity index (χ1n) is 7.43. The Labute approximate surface area is 126 Å². The summed E-state index contributed by atoms with van der Waals surface area (Å²) >= 11 is 0. The summed E-state index contributed by atoms with van der Waals surface area (Å²) in [6.45, 7) is 4.26. The zero-order chi connectivity index (χ0) is 15.0. The molecule has 2 atom stereocenters. The SMILES string of the molecule is COc1cccc(N2c3ccccc3CC2C)c1[C@@H](C)N. The Morgan fingerprint density at radius 3 is 2.57 bits per heavy atom. The van der Waals surface area contributed by atoms with E-state index in [-0.39, 0.29) is 6.04 Å². The van der Waals surface area contributed by atoms with E-state index in [1.165, 1.54) is 11.3 Å². The summed E-state index contributed by atoms with van der Waals surface area (Å²) in [6.07, 6.45) is 1.06. The van der Waals surface area contributed by atoms with E-state index in [0.717, 1.165) is 23.4 Å². The summed E-state index contributed by atoms with van der Waals surface area (Å²) < 4.78 is 5.52. The Balaban J connectivity index is 2.17. The number of nitrogens with zero attached hydrogens (tertiary/aromatic N) is 1. The van der Waals surface area contributed by atoms with E-state index >= 15 is 0 Å². The lowest BCUT2D eigenvalue weighted by Crippen LogP contribution is -2.26. The average Bonchev–Trinajstić information content (AvgIpc) is 2.81. The van der Waals surface area contributed by atoms with Crippen LogP contribution in [0, 0.1) is 0 Å². The molecular weight excluding hydrogens is 260 g/mol. The lowest BCUT2D eigenvalue weighted by atomic mass is 10.0. The Morgan fingerprint density at radius 2 is 1.86 bits per heavy atom. The molecule has 0 saturated heterocycles. The molecule has 0 amide bonds. The van der Waals surface area contributed by atoms with Crippen molar-refractivity contribution in [1.82, 2.24) is 0 Å². The number of hydrogen-bond donors (Lipinski definition) is 1. The van der Waals surface area contributed by atoms with Crippen LogP contribution < -0.4 is 15.4 Å². The molecule has 2 aromatic carbocycles. The third-order valence-corrected chi connectivity index (χ3v) is 4.19. The molecule has 110 valence electrons. The number of hydrogen-bond acceptors (Lipinski definition) is 3. The van der Waals surface area contributed by atoms with Crippen LogP contribution in [-0.2, 0) is 6.42 Å². The van der Waals surface area contributed by atoms with Gasteiger partial charge in [0.2, 0.25) is 0 Å². The molecule has 0 fully saturated rings. The van der Waals surface area contributed by atoms with Crippen LogP contribution in [0.1, 0.15) is 31.0 Å². The number of rotatable bonds is 3. The van der Waals surface area contributed by atoms with E-state index in [0.29, 0.717) is 6.04 Å². The van der Waals surface area contributed by atoms with Gasteiger partial charge in [-0.2, -0.15) is 0 Å². The normalized spacial score (nSPS) is 18.5. The molecule has 3 nitrogen and oxygen atoms in total. The molecule has 1 aliphatic heterocycles. The van der Waals surface area contributed by atoms with Crippen LogP contribution in [0.25, 0.3) is 0 Å². The molecular formula is C18H22N2O. The maximum Gasteiger partial charge on any atom is 0.125 e. The highest BCUT2D eigenvalue weighted by Gasteiger charge is 2.29. The van der Waals surface area contributed by atoms with E-state index in [9.17, 15) is 0 Å². The number of benzene rings is 2. The summed E-state index contributed by atoms with van der Waals surface area (Å²) in [5.41, 5.74) is 11.1. The standard InChI is InChI=1S/C18H22N2O/c1-12-11-14-7-4-5-8-15(14)20(12)16-9-6-10-17(21-3)18(16)13(2)19/h4-10,12-13H,11,19H2,1-3H3/t12?,13-/m1/s1. The van der Waals surface area contributed by atoms with Crippen LogP contribution in [-0.4, -0.2) is 13.2 Å². The first-order chi connectivity index (χ1) is 10.1. The summed E-state index contributed by atoms with van der Waals surface area (Å²) in [5.74, 6) is 0.860. The van der Waals surface area contributed by atoms with Gasteiger partial charge in [0.05, 0.1) is 7.11 Å². The fraction of sp³-hybridized carbons (Fsp3) is 0.333. The zero-order valence-electron chi connectivity index (χ0n) is 12.8. The number of ether oxygens (including phenoxy) is 1.